The zero-order valence-corrected chi connectivity index (χ0v) is 15.7. The van der Waals surface area contributed by atoms with Gasteiger partial charge in [-0.05, 0) is 24.3 Å². The quantitative estimate of drug-likeness (QED) is 0.704. The van der Waals surface area contributed by atoms with Crippen LogP contribution in [0.15, 0.2) is 60.7 Å². The Bertz CT molecular complexity index is 856. The summed E-state index contributed by atoms with van der Waals surface area (Å²) in [5.41, 5.74) is 0.651. The van der Waals surface area contributed by atoms with Crippen LogP contribution in [0.25, 0.3) is 0 Å². The highest BCUT2D eigenvalue weighted by molar-refractivity contribution is 5.90. The highest BCUT2D eigenvalue weighted by Crippen LogP contribution is 2.25. The number of esters is 2. The van der Waals surface area contributed by atoms with E-state index >= 15 is 0 Å². The van der Waals surface area contributed by atoms with Gasteiger partial charge in [-0.25, -0.2) is 9.59 Å². The fourth-order valence-electron chi connectivity index (χ4n) is 2.99. The van der Waals surface area contributed by atoms with E-state index in [1.54, 1.807) is 60.7 Å². The number of aliphatic hydroxyl groups is 1. The molecule has 3 rings (SSSR count). The van der Waals surface area contributed by atoms with Crippen molar-refractivity contribution in [3.05, 3.63) is 71.8 Å². The van der Waals surface area contributed by atoms with E-state index in [1.165, 1.54) is 6.92 Å². The summed E-state index contributed by atoms with van der Waals surface area (Å²) in [6, 6.07) is 15.6. The molecule has 0 bridgehead atoms. The molecular weight excluding hydrogens is 378 g/mol. The Morgan fingerprint density at radius 3 is 2.07 bits per heavy atom. The number of nitrogens with one attached hydrogen (secondary N) is 1. The fraction of sp³-hybridized carbons (Fsp3) is 0.286. The number of benzene rings is 2. The molecule has 1 heterocycles. The highest BCUT2D eigenvalue weighted by atomic mass is 16.7. The summed E-state index contributed by atoms with van der Waals surface area (Å²) in [6.07, 6.45) is -3.43. The van der Waals surface area contributed by atoms with Crippen molar-refractivity contribution in [1.29, 1.82) is 0 Å². The number of hydrogen-bond acceptors (Lipinski definition) is 7. The minimum atomic E-state index is -1.42. The van der Waals surface area contributed by atoms with Crippen LogP contribution in [0.4, 0.5) is 0 Å². The Labute approximate surface area is 167 Å². The van der Waals surface area contributed by atoms with Crippen LogP contribution < -0.4 is 5.32 Å². The molecule has 2 aromatic rings. The van der Waals surface area contributed by atoms with Gasteiger partial charge in [-0.3, -0.25) is 4.79 Å². The fourth-order valence-corrected chi connectivity index (χ4v) is 2.99. The predicted molar refractivity (Wildman–Crippen MR) is 101 cm³/mol. The van der Waals surface area contributed by atoms with Gasteiger partial charge in [0.2, 0.25) is 5.91 Å². The molecule has 1 fully saturated rings. The predicted octanol–water partition coefficient (Wildman–Crippen LogP) is 1.29. The van der Waals surface area contributed by atoms with E-state index < -0.39 is 42.4 Å². The van der Waals surface area contributed by atoms with Gasteiger partial charge in [-0.2, -0.15) is 0 Å². The van der Waals surface area contributed by atoms with Crippen LogP contribution in [0.2, 0.25) is 0 Å². The lowest BCUT2D eigenvalue weighted by atomic mass is 10.1. The van der Waals surface area contributed by atoms with Gasteiger partial charge < -0.3 is 24.6 Å². The van der Waals surface area contributed by atoms with E-state index in [9.17, 15) is 19.5 Å². The molecule has 8 heteroatoms. The van der Waals surface area contributed by atoms with Crippen LogP contribution >= 0.6 is 0 Å². The summed E-state index contributed by atoms with van der Waals surface area (Å²) in [7, 11) is 0. The Hall–Kier alpha value is -3.23. The molecule has 0 radical (unpaired) electrons. The highest BCUT2D eigenvalue weighted by Gasteiger charge is 2.47. The summed E-state index contributed by atoms with van der Waals surface area (Å²) in [5, 5.41) is 12.7. The first-order valence-electron chi connectivity index (χ1n) is 9.04. The van der Waals surface area contributed by atoms with E-state index in [0.29, 0.717) is 11.1 Å². The van der Waals surface area contributed by atoms with Crippen LogP contribution in [-0.2, 0) is 19.0 Å². The lowest BCUT2D eigenvalue weighted by Crippen LogP contribution is -2.49. The third kappa shape index (κ3) is 5.18. The molecule has 1 saturated heterocycles. The van der Waals surface area contributed by atoms with E-state index in [1.807, 2.05) is 0 Å². The Morgan fingerprint density at radius 2 is 1.52 bits per heavy atom. The van der Waals surface area contributed by atoms with Gasteiger partial charge in [-0.15, -0.1) is 0 Å². The van der Waals surface area contributed by atoms with Gasteiger partial charge in [0.15, 0.2) is 12.4 Å². The number of carbonyl (C=O) groups excluding carboxylic acids is 3. The topological polar surface area (TPSA) is 111 Å². The van der Waals surface area contributed by atoms with Crippen LogP contribution in [-0.4, -0.2) is 54.1 Å². The smallest absolute Gasteiger partial charge is 0.338 e. The molecular formula is C21H21NO7. The van der Waals surface area contributed by atoms with Crippen LogP contribution in [0.3, 0.4) is 0 Å². The number of rotatable bonds is 6. The molecule has 1 aliphatic heterocycles. The van der Waals surface area contributed by atoms with Crippen molar-refractivity contribution in [1.82, 2.24) is 5.32 Å². The summed E-state index contributed by atoms with van der Waals surface area (Å²) in [5.74, 6) is -1.66. The van der Waals surface area contributed by atoms with Gasteiger partial charge in [-0.1, -0.05) is 36.4 Å². The molecule has 1 aliphatic rings. The molecule has 0 spiro atoms. The van der Waals surface area contributed by atoms with Crippen molar-refractivity contribution in [2.75, 3.05) is 6.61 Å². The van der Waals surface area contributed by atoms with Gasteiger partial charge in [0.1, 0.15) is 18.8 Å². The number of carbonyl (C=O) groups is 3. The first kappa shape index (κ1) is 20.5. The minimum Gasteiger partial charge on any atom is -0.459 e. The monoisotopic (exact) mass is 399 g/mol. The van der Waals surface area contributed by atoms with E-state index in [2.05, 4.69) is 5.32 Å². The summed E-state index contributed by atoms with van der Waals surface area (Å²) < 4.78 is 16.2. The SMILES string of the molecule is CC(=O)N[C@@H]1[C@H](OC(=O)c2ccccc2)[C@H](COC(=O)c2ccccc2)O[C@@H]1O. The maximum Gasteiger partial charge on any atom is 0.338 e. The third-order valence-corrected chi connectivity index (χ3v) is 4.35. The molecule has 4 atom stereocenters. The van der Waals surface area contributed by atoms with E-state index in [-0.39, 0.29) is 6.61 Å². The molecule has 2 N–H and O–H groups in total. The van der Waals surface area contributed by atoms with Crippen molar-refractivity contribution in [3.8, 4) is 0 Å². The van der Waals surface area contributed by atoms with Gasteiger partial charge in [0.05, 0.1) is 11.1 Å². The lowest BCUT2D eigenvalue weighted by molar-refractivity contribution is -0.127. The second kappa shape index (κ2) is 9.31. The molecule has 2 aromatic carbocycles. The largest absolute Gasteiger partial charge is 0.459 e. The number of hydrogen-bond donors (Lipinski definition) is 2. The second-order valence-electron chi connectivity index (χ2n) is 6.49. The average molecular weight is 399 g/mol. The van der Waals surface area contributed by atoms with Crippen LogP contribution in [0.1, 0.15) is 27.6 Å². The van der Waals surface area contributed by atoms with Crippen molar-refractivity contribution < 1.29 is 33.7 Å². The maximum absolute atomic E-state index is 12.5. The Kier molecular flexibility index (Phi) is 6.58. The average Bonchev–Trinajstić information content (AvgIpc) is 3.01. The van der Waals surface area contributed by atoms with Gasteiger partial charge in [0.25, 0.3) is 0 Å². The minimum absolute atomic E-state index is 0.270. The van der Waals surface area contributed by atoms with Crippen molar-refractivity contribution in [3.63, 3.8) is 0 Å². The molecule has 1 amide bonds. The maximum atomic E-state index is 12.5. The van der Waals surface area contributed by atoms with Gasteiger partial charge in [0, 0.05) is 6.92 Å². The third-order valence-electron chi connectivity index (χ3n) is 4.35. The molecule has 152 valence electrons. The standard InChI is InChI=1S/C21H21NO7/c1-13(23)22-17-18(29-20(25)15-10-6-3-7-11-15)16(28-21(17)26)12-27-19(24)14-8-4-2-5-9-14/h2-11,16-18,21,26H,12H2,1H3,(H,22,23)/t16-,17+,18+,21-/m0/s1. The summed E-state index contributed by atoms with van der Waals surface area (Å²) in [4.78, 5) is 36.1. The number of ether oxygens (including phenoxy) is 3. The first-order chi connectivity index (χ1) is 14.0. The Morgan fingerprint density at radius 1 is 0.966 bits per heavy atom. The number of amides is 1. The van der Waals surface area contributed by atoms with Gasteiger partial charge >= 0.3 is 11.9 Å². The molecule has 0 saturated carbocycles. The first-order valence-corrected chi connectivity index (χ1v) is 9.04. The number of aliphatic hydroxyl groups excluding tert-OH is 1. The van der Waals surface area contributed by atoms with Crippen molar-refractivity contribution in [2.24, 2.45) is 0 Å². The van der Waals surface area contributed by atoms with E-state index in [0.717, 1.165) is 0 Å². The normalized spacial score (nSPS) is 23.2. The van der Waals surface area contributed by atoms with E-state index in [4.69, 9.17) is 14.2 Å². The summed E-state index contributed by atoms with van der Waals surface area (Å²) in [6.45, 7) is 0.999. The Balaban J connectivity index is 1.72. The molecule has 29 heavy (non-hydrogen) atoms. The van der Waals surface area contributed by atoms with Crippen LogP contribution in [0, 0.1) is 0 Å². The van der Waals surface area contributed by atoms with Crippen LogP contribution in [0.5, 0.6) is 0 Å². The lowest BCUT2D eigenvalue weighted by Gasteiger charge is -2.23. The zero-order valence-electron chi connectivity index (χ0n) is 15.7. The molecule has 0 aliphatic carbocycles. The molecule has 0 unspecified atom stereocenters. The van der Waals surface area contributed by atoms with Crippen molar-refractivity contribution >= 4 is 17.8 Å². The van der Waals surface area contributed by atoms with Crippen molar-refractivity contribution in [2.45, 2.75) is 31.5 Å². The second-order valence-corrected chi connectivity index (χ2v) is 6.49. The molecule has 8 nitrogen and oxygen atoms in total. The molecule has 0 aromatic heterocycles. The zero-order chi connectivity index (χ0) is 20.8. The summed E-state index contributed by atoms with van der Waals surface area (Å²) >= 11 is 0.